The van der Waals surface area contributed by atoms with Gasteiger partial charge in [0.25, 0.3) is 0 Å². The molecular formula is C13H19N3S. The first-order valence-corrected chi connectivity index (χ1v) is 7.04. The van der Waals surface area contributed by atoms with Crippen molar-refractivity contribution in [3.05, 3.63) is 29.3 Å². The number of aromatic nitrogens is 2. The number of unbranched alkanes of at least 4 members (excludes halogenated alkanes) is 2. The summed E-state index contributed by atoms with van der Waals surface area (Å²) in [5, 5.41) is 9.43. The number of aromatic amines is 1. The number of nitrogens with zero attached hydrogens (tertiary/aromatic N) is 1. The molecule has 0 aliphatic carbocycles. The lowest BCUT2D eigenvalue weighted by Crippen LogP contribution is -2.10. The summed E-state index contributed by atoms with van der Waals surface area (Å²) in [6.45, 7) is 2.20. The number of nitrogens with two attached hydrogens (primary N) is 1. The predicted molar refractivity (Wildman–Crippen MR) is 73.0 cm³/mol. The van der Waals surface area contributed by atoms with Gasteiger partial charge in [-0.3, -0.25) is 5.10 Å². The molecule has 0 radical (unpaired) electrons. The maximum atomic E-state index is 6.13. The molecule has 4 heteroatoms. The first-order valence-electron chi connectivity index (χ1n) is 6.16. The fraction of sp³-hybridized carbons (Fsp3) is 0.462. The zero-order valence-corrected chi connectivity index (χ0v) is 11.0. The van der Waals surface area contributed by atoms with E-state index in [1.165, 1.54) is 24.1 Å². The molecule has 0 saturated heterocycles. The summed E-state index contributed by atoms with van der Waals surface area (Å²) in [5.74, 6) is 0. The summed E-state index contributed by atoms with van der Waals surface area (Å²) >= 11 is 1.70. The molecule has 1 unspecified atom stereocenters. The molecule has 0 spiro atoms. The Balaban J connectivity index is 1.98. The van der Waals surface area contributed by atoms with Crippen LogP contribution in [0.4, 0.5) is 0 Å². The SMILES string of the molecule is CCCCCC(N)c1cc(-c2cccs2)n[nH]1. The van der Waals surface area contributed by atoms with Crippen LogP contribution in [0.25, 0.3) is 10.6 Å². The maximum absolute atomic E-state index is 6.13. The van der Waals surface area contributed by atoms with Gasteiger partial charge in [0, 0.05) is 6.04 Å². The van der Waals surface area contributed by atoms with Gasteiger partial charge in [0.2, 0.25) is 0 Å². The number of hydrogen-bond acceptors (Lipinski definition) is 3. The molecule has 3 N–H and O–H groups in total. The van der Waals surface area contributed by atoms with Gasteiger partial charge in [-0.2, -0.15) is 5.10 Å². The Kier molecular flexibility index (Phi) is 4.34. The Bertz CT molecular complexity index is 433. The summed E-state index contributed by atoms with van der Waals surface area (Å²) in [4.78, 5) is 1.19. The molecule has 3 nitrogen and oxygen atoms in total. The Morgan fingerprint density at radius 2 is 2.35 bits per heavy atom. The fourth-order valence-electron chi connectivity index (χ4n) is 1.85. The fourth-order valence-corrected chi connectivity index (χ4v) is 2.53. The standard InChI is InChI=1S/C13H19N3S/c1-2-3-4-6-10(14)11-9-12(16-15-11)13-7-5-8-17-13/h5,7-10H,2-4,6,14H2,1H3,(H,15,16). The van der Waals surface area contributed by atoms with Gasteiger partial charge < -0.3 is 5.73 Å². The van der Waals surface area contributed by atoms with Crippen molar-refractivity contribution in [1.82, 2.24) is 10.2 Å². The van der Waals surface area contributed by atoms with Crippen LogP contribution in [-0.2, 0) is 0 Å². The average molecular weight is 249 g/mol. The van der Waals surface area contributed by atoms with Crippen molar-refractivity contribution in [3.63, 3.8) is 0 Å². The van der Waals surface area contributed by atoms with Crippen molar-refractivity contribution in [1.29, 1.82) is 0 Å². The number of hydrogen-bond donors (Lipinski definition) is 2. The van der Waals surface area contributed by atoms with Crippen molar-refractivity contribution >= 4 is 11.3 Å². The molecule has 0 aliphatic rings. The molecule has 17 heavy (non-hydrogen) atoms. The Labute approximate surface area is 106 Å². The number of rotatable bonds is 6. The highest BCUT2D eigenvalue weighted by Gasteiger charge is 2.10. The minimum atomic E-state index is 0.0859. The van der Waals surface area contributed by atoms with E-state index in [0.29, 0.717) is 0 Å². The van der Waals surface area contributed by atoms with E-state index in [9.17, 15) is 0 Å². The van der Waals surface area contributed by atoms with Crippen molar-refractivity contribution in [2.45, 2.75) is 38.6 Å². The minimum absolute atomic E-state index is 0.0859. The summed E-state index contributed by atoms with van der Waals surface area (Å²) in [6.07, 6.45) is 4.70. The summed E-state index contributed by atoms with van der Waals surface area (Å²) in [6, 6.07) is 6.27. The van der Waals surface area contributed by atoms with E-state index in [1.54, 1.807) is 11.3 Å². The lowest BCUT2D eigenvalue weighted by Gasteiger charge is -2.07. The highest BCUT2D eigenvalue weighted by molar-refractivity contribution is 7.13. The summed E-state index contributed by atoms with van der Waals surface area (Å²) < 4.78 is 0. The second kappa shape index (κ2) is 5.98. The molecule has 2 heterocycles. The molecule has 0 fully saturated rings. The normalized spacial score (nSPS) is 12.8. The molecule has 0 bridgehead atoms. The van der Waals surface area contributed by atoms with Gasteiger partial charge in [0.05, 0.1) is 10.6 Å². The zero-order valence-electron chi connectivity index (χ0n) is 10.1. The molecule has 0 aliphatic heterocycles. The van der Waals surface area contributed by atoms with Gasteiger partial charge in [-0.15, -0.1) is 11.3 Å². The first kappa shape index (κ1) is 12.3. The largest absolute Gasteiger partial charge is 0.323 e. The Hall–Kier alpha value is -1.13. The molecule has 2 rings (SSSR count). The molecular weight excluding hydrogens is 230 g/mol. The summed E-state index contributed by atoms with van der Waals surface area (Å²) in [7, 11) is 0. The quantitative estimate of drug-likeness (QED) is 0.767. The molecule has 0 aromatic carbocycles. The van der Waals surface area contributed by atoms with Crippen LogP contribution in [0.5, 0.6) is 0 Å². The van der Waals surface area contributed by atoms with Gasteiger partial charge in [0.15, 0.2) is 0 Å². The lowest BCUT2D eigenvalue weighted by molar-refractivity contribution is 0.569. The van der Waals surface area contributed by atoms with Gasteiger partial charge in [-0.1, -0.05) is 32.3 Å². The predicted octanol–water partition coefficient (Wildman–Crippen LogP) is 3.72. The van der Waals surface area contributed by atoms with Gasteiger partial charge >= 0.3 is 0 Å². The third-order valence-corrected chi connectivity index (χ3v) is 3.78. The van der Waals surface area contributed by atoms with Crippen LogP contribution in [0.1, 0.15) is 44.3 Å². The number of H-pyrrole nitrogens is 1. The average Bonchev–Trinajstić information content (AvgIpc) is 3.00. The first-order chi connectivity index (χ1) is 8.31. The molecule has 0 saturated carbocycles. The van der Waals surface area contributed by atoms with Crippen molar-refractivity contribution in [3.8, 4) is 10.6 Å². The molecule has 1 atom stereocenters. The van der Waals surface area contributed by atoms with Crippen molar-refractivity contribution in [2.24, 2.45) is 5.73 Å². The maximum Gasteiger partial charge on any atom is 0.102 e. The van der Waals surface area contributed by atoms with E-state index in [0.717, 1.165) is 17.8 Å². The Morgan fingerprint density at radius 3 is 3.06 bits per heavy atom. The number of thiophene rings is 1. The summed E-state index contributed by atoms with van der Waals surface area (Å²) in [5.41, 5.74) is 8.18. The number of nitrogens with one attached hydrogen (secondary N) is 1. The van der Waals surface area contributed by atoms with E-state index in [1.807, 2.05) is 6.07 Å². The van der Waals surface area contributed by atoms with Crippen LogP contribution in [0.15, 0.2) is 23.6 Å². The molecule has 2 aromatic rings. The van der Waals surface area contributed by atoms with Crippen LogP contribution >= 0.6 is 11.3 Å². The van der Waals surface area contributed by atoms with E-state index in [-0.39, 0.29) is 6.04 Å². The van der Waals surface area contributed by atoms with E-state index in [4.69, 9.17) is 5.73 Å². The second-order valence-electron chi connectivity index (χ2n) is 4.29. The molecule has 0 amide bonds. The highest BCUT2D eigenvalue weighted by Crippen LogP contribution is 2.25. The monoisotopic (exact) mass is 249 g/mol. The third-order valence-electron chi connectivity index (χ3n) is 2.89. The zero-order chi connectivity index (χ0) is 12.1. The van der Waals surface area contributed by atoms with E-state index < -0.39 is 0 Å². The van der Waals surface area contributed by atoms with E-state index >= 15 is 0 Å². The van der Waals surface area contributed by atoms with Gasteiger partial charge in [-0.25, -0.2) is 0 Å². The third kappa shape index (κ3) is 3.17. The highest BCUT2D eigenvalue weighted by atomic mass is 32.1. The van der Waals surface area contributed by atoms with Crippen molar-refractivity contribution in [2.75, 3.05) is 0 Å². The van der Waals surface area contributed by atoms with Gasteiger partial charge in [-0.05, 0) is 23.9 Å². The van der Waals surface area contributed by atoms with Crippen LogP contribution in [0.2, 0.25) is 0 Å². The van der Waals surface area contributed by atoms with E-state index in [2.05, 4.69) is 34.6 Å². The van der Waals surface area contributed by atoms with Crippen LogP contribution < -0.4 is 5.73 Å². The lowest BCUT2D eigenvalue weighted by atomic mass is 10.1. The smallest absolute Gasteiger partial charge is 0.102 e. The van der Waals surface area contributed by atoms with Crippen molar-refractivity contribution < 1.29 is 0 Å². The van der Waals surface area contributed by atoms with Crippen LogP contribution in [0.3, 0.4) is 0 Å². The molecule has 2 aromatic heterocycles. The second-order valence-corrected chi connectivity index (χ2v) is 5.24. The minimum Gasteiger partial charge on any atom is -0.323 e. The molecule has 92 valence electrons. The Morgan fingerprint density at radius 1 is 1.47 bits per heavy atom. The van der Waals surface area contributed by atoms with Crippen LogP contribution in [0, 0.1) is 0 Å². The topological polar surface area (TPSA) is 54.7 Å². The van der Waals surface area contributed by atoms with Crippen LogP contribution in [-0.4, -0.2) is 10.2 Å². The van der Waals surface area contributed by atoms with Gasteiger partial charge in [0.1, 0.15) is 5.69 Å².